The summed E-state index contributed by atoms with van der Waals surface area (Å²) in [7, 11) is 0. The van der Waals surface area contributed by atoms with Gasteiger partial charge < -0.3 is 9.72 Å². The Balaban J connectivity index is 1.96. The highest BCUT2D eigenvalue weighted by Crippen LogP contribution is 2.16. The van der Waals surface area contributed by atoms with E-state index in [-0.39, 0.29) is 0 Å². The highest BCUT2D eigenvalue weighted by atomic mass is 16.5. The number of hydrogen-bond donors (Lipinski definition) is 1. The van der Waals surface area contributed by atoms with Gasteiger partial charge in [-0.25, -0.2) is 4.98 Å². The molecular weight excluding hydrogens is 168 g/mol. The summed E-state index contributed by atoms with van der Waals surface area (Å²) < 4.78 is 5.25. The van der Waals surface area contributed by atoms with Crippen molar-refractivity contribution in [1.82, 2.24) is 9.97 Å². The smallest absolute Gasteiger partial charge is 0.167 e. The van der Waals surface area contributed by atoms with Gasteiger partial charge in [0.2, 0.25) is 0 Å². The van der Waals surface area contributed by atoms with Crippen LogP contribution in [0.1, 0.15) is 22.7 Å². The third-order valence-corrected chi connectivity index (χ3v) is 2.28. The molecule has 1 aromatic rings. The first-order valence-corrected chi connectivity index (χ1v) is 4.45. The maximum absolute atomic E-state index is 10.4. The van der Waals surface area contributed by atoms with Crippen LogP contribution >= 0.6 is 0 Å². The van der Waals surface area contributed by atoms with Crippen LogP contribution < -0.4 is 0 Å². The number of aldehydes is 1. The lowest BCUT2D eigenvalue weighted by molar-refractivity contribution is 0.111. The number of aromatic nitrogens is 2. The van der Waals surface area contributed by atoms with E-state index in [1.165, 1.54) is 0 Å². The second-order valence-electron chi connectivity index (χ2n) is 3.34. The van der Waals surface area contributed by atoms with Gasteiger partial charge in [-0.05, 0) is 12.3 Å². The van der Waals surface area contributed by atoms with Crippen LogP contribution in [0.25, 0.3) is 0 Å². The highest BCUT2D eigenvalue weighted by Gasteiger charge is 2.17. The number of nitrogens with one attached hydrogen (secondary N) is 1. The molecule has 0 radical (unpaired) electrons. The molecule has 4 nitrogen and oxygen atoms in total. The molecule has 1 N–H and O–H groups in total. The minimum atomic E-state index is 0.550. The molecule has 13 heavy (non-hydrogen) atoms. The molecular formula is C9H12N2O2. The third-order valence-electron chi connectivity index (χ3n) is 2.28. The number of hydrogen-bond acceptors (Lipinski definition) is 3. The van der Waals surface area contributed by atoms with Gasteiger partial charge in [-0.3, -0.25) is 4.79 Å². The second-order valence-corrected chi connectivity index (χ2v) is 3.34. The average molecular weight is 180 g/mol. The van der Waals surface area contributed by atoms with Crippen molar-refractivity contribution in [3.8, 4) is 0 Å². The van der Waals surface area contributed by atoms with Gasteiger partial charge in [0.05, 0.1) is 11.9 Å². The van der Waals surface area contributed by atoms with Crippen LogP contribution in [-0.4, -0.2) is 29.5 Å². The van der Waals surface area contributed by atoms with Crippen molar-refractivity contribution in [2.45, 2.75) is 12.8 Å². The Hall–Kier alpha value is -1.16. The van der Waals surface area contributed by atoms with Gasteiger partial charge in [0, 0.05) is 19.6 Å². The molecule has 0 amide bonds. The first-order valence-electron chi connectivity index (χ1n) is 4.45. The molecule has 0 saturated carbocycles. The van der Waals surface area contributed by atoms with Crippen LogP contribution in [0.2, 0.25) is 0 Å². The average Bonchev–Trinajstić information content (AvgIpc) is 2.76. The minimum absolute atomic E-state index is 0.550. The summed E-state index contributed by atoms with van der Waals surface area (Å²) >= 11 is 0. The molecule has 1 atom stereocenters. The molecule has 1 saturated heterocycles. The van der Waals surface area contributed by atoms with Crippen molar-refractivity contribution in [2.24, 2.45) is 5.92 Å². The van der Waals surface area contributed by atoms with Crippen LogP contribution in [0, 0.1) is 5.92 Å². The van der Waals surface area contributed by atoms with Crippen LogP contribution in [-0.2, 0) is 11.2 Å². The number of nitrogens with zero attached hydrogens (tertiary/aromatic N) is 1. The maximum atomic E-state index is 10.4. The minimum Gasteiger partial charge on any atom is -0.381 e. The first-order chi connectivity index (χ1) is 6.38. The number of carbonyl (C=O) groups excluding carboxylic acids is 1. The Morgan fingerprint density at radius 2 is 2.69 bits per heavy atom. The predicted octanol–water partition coefficient (Wildman–Crippen LogP) is 0.801. The van der Waals surface area contributed by atoms with E-state index in [1.54, 1.807) is 6.20 Å². The van der Waals surface area contributed by atoms with Crippen LogP contribution in [0.3, 0.4) is 0 Å². The van der Waals surface area contributed by atoms with Crippen molar-refractivity contribution in [3.05, 3.63) is 17.7 Å². The lowest BCUT2D eigenvalue weighted by atomic mass is 10.1. The maximum Gasteiger partial charge on any atom is 0.167 e. The van der Waals surface area contributed by atoms with Crippen molar-refractivity contribution in [1.29, 1.82) is 0 Å². The molecule has 1 aliphatic rings. The van der Waals surface area contributed by atoms with Crippen molar-refractivity contribution < 1.29 is 9.53 Å². The summed E-state index contributed by atoms with van der Waals surface area (Å²) in [4.78, 5) is 17.4. The van der Waals surface area contributed by atoms with Crippen LogP contribution in [0.4, 0.5) is 0 Å². The van der Waals surface area contributed by atoms with E-state index in [9.17, 15) is 4.79 Å². The van der Waals surface area contributed by atoms with Gasteiger partial charge in [-0.1, -0.05) is 0 Å². The molecule has 1 aliphatic heterocycles. The van der Waals surface area contributed by atoms with E-state index in [4.69, 9.17) is 4.74 Å². The molecule has 4 heteroatoms. The number of imidazole rings is 1. The largest absolute Gasteiger partial charge is 0.381 e. The van der Waals surface area contributed by atoms with E-state index in [0.717, 1.165) is 38.2 Å². The molecule has 0 aliphatic carbocycles. The van der Waals surface area contributed by atoms with E-state index in [0.29, 0.717) is 11.6 Å². The van der Waals surface area contributed by atoms with Gasteiger partial charge in [-0.2, -0.15) is 0 Å². The topological polar surface area (TPSA) is 55.0 Å². The Bertz CT molecular complexity index is 290. The van der Waals surface area contributed by atoms with Gasteiger partial charge in [0.15, 0.2) is 6.29 Å². The SMILES string of the molecule is O=Cc1cnc(CC2CCOC2)[nH]1. The summed E-state index contributed by atoms with van der Waals surface area (Å²) in [5.74, 6) is 1.45. The monoisotopic (exact) mass is 180 g/mol. The van der Waals surface area contributed by atoms with E-state index < -0.39 is 0 Å². The van der Waals surface area contributed by atoms with Crippen molar-refractivity contribution in [2.75, 3.05) is 13.2 Å². The summed E-state index contributed by atoms with van der Waals surface area (Å²) in [6.45, 7) is 1.67. The number of ether oxygens (including phenoxy) is 1. The Labute approximate surface area is 76.3 Å². The molecule has 2 rings (SSSR count). The molecule has 0 aromatic carbocycles. The number of H-pyrrole nitrogens is 1. The normalized spacial score (nSPS) is 22.0. The predicted molar refractivity (Wildman–Crippen MR) is 46.6 cm³/mol. The molecule has 0 bridgehead atoms. The van der Waals surface area contributed by atoms with E-state index in [1.807, 2.05) is 0 Å². The number of carbonyl (C=O) groups is 1. The summed E-state index contributed by atoms with van der Waals surface area (Å²) in [5, 5.41) is 0. The molecule has 2 heterocycles. The zero-order chi connectivity index (χ0) is 9.10. The van der Waals surface area contributed by atoms with E-state index >= 15 is 0 Å². The molecule has 0 spiro atoms. The number of rotatable bonds is 3. The van der Waals surface area contributed by atoms with Gasteiger partial charge in [0.1, 0.15) is 5.82 Å². The first kappa shape index (κ1) is 8.44. The Kier molecular flexibility index (Phi) is 2.40. The standard InChI is InChI=1S/C9H12N2O2/c12-5-8-4-10-9(11-8)3-7-1-2-13-6-7/h4-5,7H,1-3,6H2,(H,10,11). The van der Waals surface area contributed by atoms with Gasteiger partial charge >= 0.3 is 0 Å². The van der Waals surface area contributed by atoms with Crippen LogP contribution in [0.15, 0.2) is 6.20 Å². The van der Waals surface area contributed by atoms with Crippen molar-refractivity contribution in [3.63, 3.8) is 0 Å². The molecule has 1 unspecified atom stereocenters. The third kappa shape index (κ3) is 1.95. The molecule has 1 aromatic heterocycles. The fraction of sp³-hybridized carbons (Fsp3) is 0.556. The molecule has 70 valence electrons. The lowest BCUT2D eigenvalue weighted by Crippen LogP contribution is -2.04. The second kappa shape index (κ2) is 3.70. The summed E-state index contributed by atoms with van der Waals surface area (Å²) in [6.07, 6.45) is 4.32. The summed E-state index contributed by atoms with van der Waals surface area (Å²) in [5.41, 5.74) is 0.550. The summed E-state index contributed by atoms with van der Waals surface area (Å²) in [6, 6.07) is 0. The fourth-order valence-corrected chi connectivity index (χ4v) is 1.56. The van der Waals surface area contributed by atoms with E-state index in [2.05, 4.69) is 9.97 Å². The van der Waals surface area contributed by atoms with Gasteiger partial charge in [-0.15, -0.1) is 0 Å². The van der Waals surface area contributed by atoms with Crippen molar-refractivity contribution >= 4 is 6.29 Å². The fourth-order valence-electron chi connectivity index (χ4n) is 1.56. The van der Waals surface area contributed by atoms with Crippen LogP contribution in [0.5, 0.6) is 0 Å². The zero-order valence-electron chi connectivity index (χ0n) is 7.32. The Morgan fingerprint density at radius 3 is 3.31 bits per heavy atom. The highest BCUT2D eigenvalue weighted by molar-refractivity contribution is 5.71. The molecule has 1 fully saturated rings. The zero-order valence-corrected chi connectivity index (χ0v) is 7.32. The number of aromatic amines is 1. The quantitative estimate of drug-likeness (QED) is 0.700. The van der Waals surface area contributed by atoms with Gasteiger partial charge in [0.25, 0.3) is 0 Å². The Morgan fingerprint density at radius 1 is 1.77 bits per heavy atom. The lowest BCUT2D eigenvalue weighted by Gasteiger charge is -2.02.